The number of hydrogen-bond acceptors (Lipinski definition) is 3. The van der Waals surface area contributed by atoms with Gasteiger partial charge in [0, 0.05) is 33.2 Å². The number of benzene rings is 1. The molecule has 1 aliphatic heterocycles. The van der Waals surface area contributed by atoms with Gasteiger partial charge in [0.25, 0.3) is 0 Å². The molecule has 160 valence electrons. The summed E-state index contributed by atoms with van der Waals surface area (Å²) in [7, 11) is 1.85. The average Bonchev–Trinajstić information content (AvgIpc) is 2.79. The van der Waals surface area contributed by atoms with Crippen molar-refractivity contribution in [2.45, 2.75) is 44.4 Å². The molecule has 1 heterocycles. The summed E-state index contributed by atoms with van der Waals surface area (Å²) in [6.07, 6.45) is 7.65. The Morgan fingerprint density at radius 3 is 2.52 bits per heavy atom. The smallest absolute Gasteiger partial charge is 0.317 e. The van der Waals surface area contributed by atoms with Gasteiger partial charge in [0.15, 0.2) is 0 Å². The van der Waals surface area contributed by atoms with Gasteiger partial charge in [0.2, 0.25) is 5.91 Å². The Morgan fingerprint density at radius 2 is 1.83 bits per heavy atom. The zero-order valence-corrected chi connectivity index (χ0v) is 17.6. The number of hydrogen-bond donors (Lipinski definition) is 1. The van der Waals surface area contributed by atoms with Gasteiger partial charge in [-0.3, -0.25) is 4.79 Å². The molecule has 0 aromatic heterocycles. The largest absolute Gasteiger partial charge is 0.378 e. The molecular weight excluding hydrogens is 366 g/mol. The molecule has 1 N–H and O–H groups in total. The molecule has 3 amide bonds. The normalized spacial score (nSPS) is 18.9. The van der Waals surface area contributed by atoms with Crippen molar-refractivity contribution < 1.29 is 14.3 Å². The number of nitrogens with one attached hydrogen (secondary N) is 1. The first kappa shape index (κ1) is 21.6. The third-order valence-corrected chi connectivity index (χ3v) is 6.22. The van der Waals surface area contributed by atoms with Crippen LogP contribution in [0.4, 0.5) is 4.79 Å². The first-order valence-corrected chi connectivity index (χ1v) is 11.1. The molecule has 29 heavy (non-hydrogen) atoms. The Hall–Kier alpha value is -2.08. The van der Waals surface area contributed by atoms with Crippen LogP contribution in [0.15, 0.2) is 30.3 Å². The van der Waals surface area contributed by atoms with Crippen molar-refractivity contribution in [1.82, 2.24) is 15.1 Å². The second kappa shape index (κ2) is 11.2. The molecule has 1 aromatic rings. The summed E-state index contributed by atoms with van der Waals surface area (Å²) in [6, 6.07) is 9.64. The molecule has 1 saturated carbocycles. The van der Waals surface area contributed by atoms with E-state index < -0.39 is 0 Å². The minimum atomic E-state index is -0.370. The Labute approximate surface area is 174 Å². The lowest BCUT2D eigenvalue weighted by atomic mass is 9.87. The molecule has 1 saturated heterocycles. The summed E-state index contributed by atoms with van der Waals surface area (Å²) in [5, 5.41) is 3.00. The van der Waals surface area contributed by atoms with E-state index in [-0.39, 0.29) is 17.9 Å². The topological polar surface area (TPSA) is 61.9 Å². The van der Waals surface area contributed by atoms with E-state index in [1.165, 1.54) is 32.1 Å². The van der Waals surface area contributed by atoms with Crippen molar-refractivity contribution in [3.8, 4) is 0 Å². The Kier molecular flexibility index (Phi) is 8.35. The van der Waals surface area contributed by atoms with Crippen LogP contribution in [0.25, 0.3) is 0 Å². The summed E-state index contributed by atoms with van der Waals surface area (Å²) in [4.78, 5) is 29.3. The molecule has 0 radical (unpaired) electrons. The fourth-order valence-electron chi connectivity index (χ4n) is 4.32. The van der Waals surface area contributed by atoms with Crippen molar-refractivity contribution >= 4 is 11.9 Å². The van der Waals surface area contributed by atoms with Crippen LogP contribution in [0.3, 0.4) is 0 Å². The van der Waals surface area contributed by atoms with E-state index in [4.69, 9.17) is 4.74 Å². The maximum atomic E-state index is 13.1. The number of urea groups is 1. The second-order valence-electron chi connectivity index (χ2n) is 8.30. The SMILES string of the molecule is CN(CCC1CCCCC1)C(=O)NCC(C(=O)N1CCOCC1)c1ccccc1. The highest BCUT2D eigenvalue weighted by atomic mass is 16.5. The van der Waals surface area contributed by atoms with Gasteiger partial charge in [-0.1, -0.05) is 62.4 Å². The lowest BCUT2D eigenvalue weighted by Crippen LogP contribution is -2.47. The van der Waals surface area contributed by atoms with Gasteiger partial charge in [0.05, 0.1) is 19.1 Å². The number of morpholine rings is 1. The third kappa shape index (κ3) is 6.46. The predicted molar refractivity (Wildman–Crippen MR) is 114 cm³/mol. The number of carbonyl (C=O) groups excluding carboxylic acids is 2. The van der Waals surface area contributed by atoms with Crippen molar-refractivity contribution in [1.29, 1.82) is 0 Å². The number of rotatable bonds is 7. The fraction of sp³-hybridized carbons (Fsp3) is 0.652. The number of nitrogens with zero attached hydrogens (tertiary/aromatic N) is 2. The van der Waals surface area contributed by atoms with Crippen molar-refractivity contribution in [2.75, 3.05) is 46.4 Å². The van der Waals surface area contributed by atoms with Gasteiger partial charge < -0.3 is 19.9 Å². The van der Waals surface area contributed by atoms with Gasteiger partial charge in [-0.05, 0) is 17.9 Å². The number of carbonyl (C=O) groups is 2. The molecule has 6 heteroatoms. The van der Waals surface area contributed by atoms with Crippen LogP contribution in [-0.2, 0) is 9.53 Å². The van der Waals surface area contributed by atoms with Crippen LogP contribution in [0.5, 0.6) is 0 Å². The van der Waals surface area contributed by atoms with E-state index in [0.717, 1.165) is 24.4 Å². The molecule has 3 rings (SSSR count). The van der Waals surface area contributed by atoms with Crippen LogP contribution >= 0.6 is 0 Å². The Morgan fingerprint density at radius 1 is 1.14 bits per heavy atom. The average molecular weight is 402 g/mol. The summed E-state index contributed by atoms with van der Waals surface area (Å²) in [5.74, 6) is 0.439. The zero-order chi connectivity index (χ0) is 20.5. The van der Waals surface area contributed by atoms with E-state index in [0.29, 0.717) is 32.8 Å². The minimum Gasteiger partial charge on any atom is -0.378 e. The van der Waals surface area contributed by atoms with E-state index in [1.807, 2.05) is 42.3 Å². The lowest BCUT2D eigenvalue weighted by Gasteiger charge is -2.31. The maximum Gasteiger partial charge on any atom is 0.317 e. The van der Waals surface area contributed by atoms with Gasteiger partial charge in [-0.25, -0.2) is 4.79 Å². The Bertz CT molecular complexity index is 640. The molecule has 6 nitrogen and oxygen atoms in total. The predicted octanol–water partition coefficient (Wildman–Crippen LogP) is 3.24. The van der Waals surface area contributed by atoms with E-state index in [9.17, 15) is 9.59 Å². The standard InChI is InChI=1S/C23H35N3O3/c1-25(13-12-19-8-4-2-5-9-19)23(28)24-18-21(20-10-6-3-7-11-20)22(27)26-14-16-29-17-15-26/h3,6-7,10-11,19,21H,2,4-5,8-9,12-18H2,1H3,(H,24,28). The highest BCUT2D eigenvalue weighted by Crippen LogP contribution is 2.26. The first-order valence-electron chi connectivity index (χ1n) is 11.1. The summed E-state index contributed by atoms with van der Waals surface area (Å²) in [5.41, 5.74) is 0.939. The number of ether oxygens (including phenoxy) is 1. The first-order chi connectivity index (χ1) is 14.1. The van der Waals surface area contributed by atoms with Crippen LogP contribution in [0.1, 0.15) is 50.0 Å². The molecule has 2 aliphatic rings. The van der Waals surface area contributed by atoms with Crippen LogP contribution in [0, 0.1) is 5.92 Å². The van der Waals surface area contributed by atoms with Gasteiger partial charge >= 0.3 is 6.03 Å². The highest BCUT2D eigenvalue weighted by molar-refractivity contribution is 5.85. The maximum absolute atomic E-state index is 13.1. The molecule has 0 spiro atoms. The van der Waals surface area contributed by atoms with Crippen molar-refractivity contribution in [2.24, 2.45) is 5.92 Å². The van der Waals surface area contributed by atoms with E-state index >= 15 is 0 Å². The molecular formula is C23H35N3O3. The summed E-state index contributed by atoms with van der Waals surface area (Å²) in [6.45, 7) is 3.44. The van der Waals surface area contributed by atoms with Crippen LogP contribution < -0.4 is 5.32 Å². The van der Waals surface area contributed by atoms with Crippen LogP contribution in [0.2, 0.25) is 0 Å². The van der Waals surface area contributed by atoms with Gasteiger partial charge in [-0.2, -0.15) is 0 Å². The fourth-order valence-corrected chi connectivity index (χ4v) is 4.32. The van der Waals surface area contributed by atoms with E-state index in [2.05, 4.69) is 5.32 Å². The zero-order valence-electron chi connectivity index (χ0n) is 17.6. The second-order valence-corrected chi connectivity index (χ2v) is 8.30. The highest BCUT2D eigenvalue weighted by Gasteiger charge is 2.28. The molecule has 2 fully saturated rings. The Balaban J connectivity index is 1.54. The monoisotopic (exact) mass is 401 g/mol. The minimum absolute atomic E-state index is 0.0599. The molecule has 1 aliphatic carbocycles. The van der Waals surface area contributed by atoms with Crippen molar-refractivity contribution in [3.05, 3.63) is 35.9 Å². The van der Waals surface area contributed by atoms with Gasteiger partial charge in [0.1, 0.15) is 0 Å². The molecule has 0 bridgehead atoms. The summed E-state index contributed by atoms with van der Waals surface area (Å²) >= 11 is 0. The molecule has 1 unspecified atom stereocenters. The van der Waals surface area contributed by atoms with Crippen LogP contribution in [-0.4, -0.2) is 68.2 Å². The molecule has 1 aromatic carbocycles. The number of amides is 3. The molecule has 1 atom stereocenters. The van der Waals surface area contributed by atoms with E-state index in [1.54, 1.807) is 4.90 Å². The summed E-state index contributed by atoms with van der Waals surface area (Å²) < 4.78 is 5.37. The lowest BCUT2D eigenvalue weighted by molar-refractivity contribution is -0.136. The quantitative estimate of drug-likeness (QED) is 0.763. The van der Waals surface area contributed by atoms with Crippen molar-refractivity contribution in [3.63, 3.8) is 0 Å². The van der Waals surface area contributed by atoms with Gasteiger partial charge in [-0.15, -0.1) is 0 Å². The third-order valence-electron chi connectivity index (χ3n) is 6.22.